The summed E-state index contributed by atoms with van der Waals surface area (Å²) in [7, 11) is 0. The zero-order valence-corrected chi connectivity index (χ0v) is 11.0. The van der Waals surface area contributed by atoms with Gasteiger partial charge in [-0.25, -0.2) is 14.8 Å². The highest BCUT2D eigenvalue weighted by Gasteiger charge is 2.24. The molecule has 0 heterocycles. The molecule has 0 radical (unpaired) electrons. The molecule has 0 fully saturated rings. The zero-order chi connectivity index (χ0) is 16.3. The lowest BCUT2D eigenvalue weighted by atomic mass is 10.1. The third-order valence-electron chi connectivity index (χ3n) is 2.75. The number of rotatable bonds is 5. The minimum absolute atomic E-state index is 0.0545. The Morgan fingerprint density at radius 2 is 1.64 bits per heavy atom. The predicted octanol–water partition coefficient (Wildman–Crippen LogP) is 2.67. The lowest BCUT2D eigenvalue weighted by Crippen LogP contribution is -2.03. The molecule has 22 heavy (non-hydrogen) atoms. The molecule has 0 unspecified atom stereocenters. The SMILES string of the molecule is O=C(O)c1ccc(Oc2ccccc2C(=O)O)c([N+](=O)O)c1. The molecule has 0 atom stereocenters. The molecule has 2 aromatic carbocycles. The number of para-hydroxylation sites is 1. The highest BCUT2D eigenvalue weighted by molar-refractivity contribution is 5.91. The highest BCUT2D eigenvalue weighted by atomic mass is 16.6. The molecular weight excluding hydrogens is 294 g/mol. The van der Waals surface area contributed by atoms with E-state index in [4.69, 9.17) is 20.2 Å². The number of carbonyl (C=O) groups is 2. The van der Waals surface area contributed by atoms with Gasteiger partial charge in [0.15, 0.2) is 0 Å². The minimum atomic E-state index is -1.29. The van der Waals surface area contributed by atoms with Crippen LogP contribution in [0, 0.1) is 4.91 Å². The molecule has 112 valence electrons. The first kappa shape index (κ1) is 15.0. The number of hydrogen-bond acceptors (Lipinski definition) is 4. The van der Waals surface area contributed by atoms with E-state index in [1.807, 2.05) is 0 Å². The lowest BCUT2D eigenvalue weighted by Gasteiger charge is -2.08. The molecule has 0 saturated carbocycles. The maximum Gasteiger partial charge on any atom is 0.359 e. The summed E-state index contributed by atoms with van der Waals surface area (Å²) in [5.41, 5.74) is -0.838. The average molecular weight is 304 g/mol. The summed E-state index contributed by atoms with van der Waals surface area (Å²) >= 11 is 0. The summed E-state index contributed by atoms with van der Waals surface area (Å²) < 4.78 is 5.32. The zero-order valence-electron chi connectivity index (χ0n) is 11.0. The van der Waals surface area contributed by atoms with Gasteiger partial charge < -0.3 is 14.9 Å². The van der Waals surface area contributed by atoms with Gasteiger partial charge in [-0.15, -0.1) is 0 Å². The van der Waals surface area contributed by atoms with Crippen LogP contribution in [0.4, 0.5) is 5.69 Å². The summed E-state index contributed by atoms with van der Waals surface area (Å²) in [5, 5.41) is 27.0. The lowest BCUT2D eigenvalue weighted by molar-refractivity contribution is -0.730. The Morgan fingerprint density at radius 1 is 0.955 bits per heavy atom. The van der Waals surface area contributed by atoms with Crippen LogP contribution in [0.15, 0.2) is 42.5 Å². The van der Waals surface area contributed by atoms with Crippen molar-refractivity contribution in [1.82, 2.24) is 0 Å². The fourth-order valence-corrected chi connectivity index (χ4v) is 1.74. The van der Waals surface area contributed by atoms with Crippen LogP contribution >= 0.6 is 0 Å². The number of benzene rings is 2. The van der Waals surface area contributed by atoms with Gasteiger partial charge in [0.05, 0.1) is 10.5 Å². The predicted molar refractivity (Wildman–Crippen MR) is 72.0 cm³/mol. The van der Waals surface area contributed by atoms with Gasteiger partial charge in [0.25, 0.3) is 4.92 Å². The van der Waals surface area contributed by atoms with Crippen LogP contribution in [0.1, 0.15) is 20.7 Å². The van der Waals surface area contributed by atoms with Crippen molar-refractivity contribution < 1.29 is 34.7 Å². The van der Waals surface area contributed by atoms with Gasteiger partial charge in [-0.2, -0.15) is 0 Å². The molecule has 2 rings (SSSR count). The molecule has 0 aromatic heterocycles. The van der Waals surface area contributed by atoms with Gasteiger partial charge in [0, 0.05) is 6.07 Å². The number of aromatic carboxylic acids is 2. The van der Waals surface area contributed by atoms with Gasteiger partial charge in [-0.05, 0) is 24.3 Å². The molecule has 3 N–H and O–H groups in total. The number of hydrogen-bond donors (Lipinski definition) is 3. The molecule has 0 aliphatic heterocycles. The van der Waals surface area contributed by atoms with Crippen LogP contribution in [0.3, 0.4) is 0 Å². The first-order valence-electron chi connectivity index (χ1n) is 5.94. The van der Waals surface area contributed by atoms with E-state index < -0.39 is 22.5 Å². The molecule has 0 aliphatic carbocycles. The third-order valence-corrected chi connectivity index (χ3v) is 2.75. The molecule has 0 bridgehead atoms. The van der Waals surface area contributed by atoms with Crippen LogP contribution in [0.5, 0.6) is 11.5 Å². The summed E-state index contributed by atoms with van der Waals surface area (Å²) in [4.78, 5) is 32.5. The van der Waals surface area contributed by atoms with Crippen LogP contribution in [0.25, 0.3) is 0 Å². The van der Waals surface area contributed by atoms with Crippen molar-refractivity contribution in [1.29, 1.82) is 0 Å². The molecule has 8 nitrogen and oxygen atoms in total. The van der Waals surface area contributed by atoms with E-state index in [0.717, 1.165) is 18.2 Å². The van der Waals surface area contributed by atoms with E-state index in [1.54, 1.807) is 0 Å². The quantitative estimate of drug-likeness (QED) is 0.725. The summed E-state index contributed by atoms with van der Waals surface area (Å²) in [6.07, 6.45) is 0. The van der Waals surface area contributed by atoms with Crippen molar-refractivity contribution in [2.24, 2.45) is 0 Å². The number of carboxylic acid groups (broad SMARTS) is 2. The molecule has 0 spiro atoms. The summed E-state index contributed by atoms with van der Waals surface area (Å²) in [5.74, 6) is -2.76. The Balaban J connectivity index is 2.48. The first-order chi connectivity index (χ1) is 10.4. The van der Waals surface area contributed by atoms with Crippen molar-refractivity contribution in [3.63, 3.8) is 0 Å². The van der Waals surface area contributed by atoms with E-state index in [2.05, 4.69) is 0 Å². The number of carboxylic acids is 2. The van der Waals surface area contributed by atoms with E-state index in [9.17, 15) is 14.5 Å². The fraction of sp³-hybridized carbons (Fsp3) is 0. The van der Waals surface area contributed by atoms with Gasteiger partial charge >= 0.3 is 17.6 Å². The van der Waals surface area contributed by atoms with E-state index in [0.29, 0.717) is 0 Å². The largest absolute Gasteiger partial charge is 0.478 e. The van der Waals surface area contributed by atoms with Gasteiger partial charge in [0.1, 0.15) is 11.3 Å². The van der Waals surface area contributed by atoms with Crippen LogP contribution in [-0.4, -0.2) is 32.3 Å². The van der Waals surface area contributed by atoms with Gasteiger partial charge in [-0.3, -0.25) is 0 Å². The normalized spacial score (nSPS) is 10.0. The maximum absolute atomic E-state index is 11.1. The van der Waals surface area contributed by atoms with E-state index in [-0.39, 0.29) is 22.6 Å². The molecule has 8 heteroatoms. The molecule has 0 aliphatic rings. The highest BCUT2D eigenvalue weighted by Crippen LogP contribution is 2.33. The van der Waals surface area contributed by atoms with E-state index in [1.165, 1.54) is 24.3 Å². The fourth-order valence-electron chi connectivity index (χ4n) is 1.74. The average Bonchev–Trinajstić information content (AvgIpc) is 2.47. The van der Waals surface area contributed by atoms with Gasteiger partial charge in [-0.1, -0.05) is 12.1 Å². The smallest absolute Gasteiger partial charge is 0.359 e. The monoisotopic (exact) mass is 304 g/mol. The Labute approximate surface area is 123 Å². The number of ether oxygens (including phenoxy) is 1. The van der Waals surface area contributed by atoms with E-state index >= 15 is 0 Å². The molecular formula is C14H10NO7+. The van der Waals surface area contributed by atoms with Gasteiger partial charge in [0.2, 0.25) is 5.75 Å². The molecule has 0 amide bonds. The van der Waals surface area contributed by atoms with Crippen LogP contribution < -0.4 is 4.74 Å². The second kappa shape index (κ2) is 5.92. The van der Waals surface area contributed by atoms with Crippen LogP contribution in [-0.2, 0) is 0 Å². The molecule has 0 saturated heterocycles. The topological polar surface area (TPSA) is 124 Å². The number of nitrogens with zero attached hydrogens (tertiary/aromatic N) is 1. The van der Waals surface area contributed by atoms with Crippen molar-refractivity contribution >= 4 is 17.6 Å². The summed E-state index contributed by atoms with van der Waals surface area (Å²) in [6.45, 7) is 0. The Hall–Kier alpha value is -3.42. The second-order valence-electron chi connectivity index (χ2n) is 4.16. The Morgan fingerprint density at radius 3 is 2.23 bits per heavy atom. The van der Waals surface area contributed by atoms with Crippen molar-refractivity contribution in [2.75, 3.05) is 0 Å². The second-order valence-corrected chi connectivity index (χ2v) is 4.16. The summed E-state index contributed by atoms with van der Waals surface area (Å²) in [6, 6.07) is 8.92. The third kappa shape index (κ3) is 3.01. The van der Waals surface area contributed by atoms with Crippen molar-refractivity contribution in [2.45, 2.75) is 0 Å². The first-order valence-corrected chi connectivity index (χ1v) is 5.94. The Bertz CT molecular complexity index is 770. The standard InChI is InChI=1S/C14H9NO7/c16-13(17)8-5-6-12(10(7-8)15(20)21)22-11-4-2-1-3-9(11)14(18)19/h1-7H,(H2-,16,17,18,19,20,21)/p+1. The van der Waals surface area contributed by atoms with Crippen molar-refractivity contribution in [3.05, 3.63) is 58.5 Å². The van der Waals surface area contributed by atoms with Crippen molar-refractivity contribution in [3.8, 4) is 11.5 Å². The Kier molecular flexibility index (Phi) is 4.03. The maximum atomic E-state index is 11.1. The minimum Gasteiger partial charge on any atom is -0.478 e. The van der Waals surface area contributed by atoms with Crippen LogP contribution in [0.2, 0.25) is 0 Å². The molecule has 2 aromatic rings.